The summed E-state index contributed by atoms with van der Waals surface area (Å²) in [5.41, 5.74) is 2.09. The topological polar surface area (TPSA) is 64.1 Å². The van der Waals surface area contributed by atoms with Crippen LogP contribution in [0.4, 0.5) is 0 Å². The van der Waals surface area contributed by atoms with Gasteiger partial charge in [0.05, 0.1) is 18.8 Å². The van der Waals surface area contributed by atoms with Gasteiger partial charge >= 0.3 is 0 Å². The Hall–Kier alpha value is -1.06. The van der Waals surface area contributed by atoms with E-state index < -0.39 is 0 Å². The van der Waals surface area contributed by atoms with E-state index in [1.165, 1.54) is 5.56 Å². The second-order valence-corrected chi connectivity index (χ2v) is 6.59. The molecule has 1 aromatic carbocycles. The van der Waals surface area contributed by atoms with Crippen LogP contribution in [-0.4, -0.2) is 51.6 Å². The van der Waals surface area contributed by atoms with E-state index in [4.69, 9.17) is 19.2 Å². The van der Waals surface area contributed by atoms with Crippen LogP contribution in [0.1, 0.15) is 37.8 Å². The van der Waals surface area contributed by atoms with Crippen LogP contribution in [0.25, 0.3) is 0 Å². The highest BCUT2D eigenvalue weighted by atomic mass is 127. The number of hydrogen-bond acceptors (Lipinski definition) is 4. The first-order chi connectivity index (χ1) is 12.6. The first kappa shape index (κ1) is 24.0. The molecule has 0 saturated carbocycles. The van der Waals surface area contributed by atoms with Crippen LogP contribution in [0.15, 0.2) is 23.2 Å². The lowest BCUT2D eigenvalue weighted by molar-refractivity contribution is -0.0855. The van der Waals surface area contributed by atoms with Gasteiger partial charge in [0.2, 0.25) is 0 Å². The quantitative estimate of drug-likeness (QED) is 0.332. The minimum absolute atomic E-state index is 0. The average molecular weight is 491 g/mol. The van der Waals surface area contributed by atoms with Gasteiger partial charge < -0.3 is 24.8 Å². The van der Waals surface area contributed by atoms with Gasteiger partial charge in [-0.05, 0) is 32.4 Å². The standard InChI is InChI=1S/C20H33N3O3.HI/c1-5-21-19(23-15-20(24-4)9-11-25-12-10-20)22-14-17-8-7-16(3)13-18(17)26-6-2;/h7-8,13H,5-6,9-12,14-15H2,1-4H3,(H2,21,22,23);1H. The van der Waals surface area contributed by atoms with E-state index in [1.54, 1.807) is 7.11 Å². The van der Waals surface area contributed by atoms with E-state index in [-0.39, 0.29) is 29.6 Å². The molecule has 0 radical (unpaired) electrons. The van der Waals surface area contributed by atoms with Crippen molar-refractivity contribution in [3.8, 4) is 5.75 Å². The largest absolute Gasteiger partial charge is 0.494 e. The molecule has 0 atom stereocenters. The number of aryl methyl sites for hydroxylation is 1. The molecular formula is C20H34IN3O3. The maximum Gasteiger partial charge on any atom is 0.191 e. The molecule has 0 amide bonds. The van der Waals surface area contributed by atoms with Crippen molar-refractivity contribution in [1.82, 2.24) is 10.6 Å². The molecule has 0 unspecified atom stereocenters. The predicted molar refractivity (Wildman–Crippen MR) is 120 cm³/mol. The zero-order valence-corrected chi connectivity index (χ0v) is 19.3. The van der Waals surface area contributed by atoms with Crippen LogP contribution >= 0.6 is 24.0 Å². The van der Waals surface area contributed by atoms with Crippen LogP contribution < -0.4 is 15.4 Å². The van der Waals surface area contributed by atoms with Gasteiger partial charge in [-0.15, -0.1) is 24.0 Å². The molecule has 2 N–H and O–H groups in total. The zero-order valence-electron chi connectivity index (χ0n) is 17.0. The molecule has 1 heterocycles. The minimum atomic E-state index is -0.186. The van der Waals surface area contributed by atoms with Crippen LogP contribution in [0, 0.1) is 6.92 Å². The number of nitrogens with zero attached hydrogens (tertiary/aromatic N) is 1. The van der Waals surface area contributed by atoms with Gasteiger partial charge in [0.25, 0.3) is 0 Å². The fraction of sp³-hybridized carbons (Fsp3) is 0.650. The van der Waals surface area contributed by atoms with Crippen molar-refractivity contribution in [3.63, 3.8) is 0 Å². The van der Waals surface area contributed by atoms with E-state index in [2.05, 4.69) is 42.7 Å². The number of hydrogen-bond donors (Lipinski definition) is 2. The van der Waals surface area contributed by atoms with Crippen LogP contribution in [-0.2, 0) is 16.0 Å². The first-order valence-corrected chi connectivity index (χ1v) is 9.50. The Bertz CT molecular complexity index is 590. The number of methoxy groups -OCH3 is 1. The maximum atomic E-state index is 5.79. The molecule has 0 bridgehead atoms. The van der Waals surface area contributed by atoms with Gasteiger partial charge in [-0.1, -0.05) is 12.1 Å². The fourth-order valence-electron chi connectivity index (χ4n) is 3.03. The Morgan fingerprint density at radius 1 is 1.22 bits per heavy atom. The molecular weight excluding hydrogens is 457 g/mol. The van der Waals surface area contributed by atoms with Gasteiger partial charge in [0.1, 0.15) is 5.75 Å². The number of aliphatic imine (C=N–C) groups is 1. The fourth-order valence-corrected chi connectivity index (χ4v) is 3.03. The van der Waals surface area contributed by atoms with Gasteiger partial charge in [-0.2, -0.15) is 0 Å². The second kappa shape index (κ2) is 12.4. The van der Waals surface area contributed by atoms with Crippen LogP contribution in [0.3, 0.4) is 0 Å². The molecule has 0 aliphatic carbocycles. The number of ether oxygens (including phenoxy) is 3. The molecule has 2 rings (SSSR count). The van der Waals surface area contributed by atoms with Crippen molar-refractivity contribution in [2.24, 2.45) is 4.99 Å². The van der Waals surface area contributed by atoms with Crippen molar-refractivity contribution < 1.29 is 14.2 Å². The average Bonchev–Trinajstić information content (AvgIpc) is 2.66. The molecule has 1 aromatic rings. The SMILES string of the molecule is CCNC(=NCc1ccc(C)cc1OCC)NCC1(OC)CCOCC1.I. The Kier molecular flexibility index (Phi) is 11.0. The van der Waals surface area contributed by atoms with E-state index >= 15 is 0 Å². The zero-order chi connectivity index (χ0) is 18.8. The third-order valence-electron chi connectivity index (χ3n) is 4.69. The Balaban J connectivity index is 0.00000364. The van der Waals surface area contributed by atoms with Gasteiger partial charge in [-0.25, -0.2) is 4.99 Å². The first-order valence-electron chi connectivity index (χ1n) is 9.50. The minimum Gasteiger partial charge on any atom is -0.494 e. The summed E-state index contributed by atoms with van der Waals surface area (Å²) in [6, 6.07) is 6.24. The third-order valence-corrected chi connectivity index (χ3v) is 4.69. The Morgan fingerprint density at radius 2 is 1.96 bits per heavy atom. The Morgan fingerprint density at radius 3 is 2.59 bits per heavy atom. The summed E-state index contributed by atoms with van der Waals surface area (Å²) in [6.45, 7) is 10.3. The predicted octanol–water partition coefficient (Wildman–Crippen LogP) is 3.26. The third kappa shape index (κ3) is 7.46. The molecule has 1 aliphatic heterocycles. The van der Waals surface area contributed by atoms with Gasteiger partial charge in [0, 0.05) is 51.8 Å². The van der Waals surface area contributed by atoms with E-state index in [1.807, 2.05) is 6.92 Å². The van der Waals surface area contributed by atoms with Crippen molar-refractivity contribution >= 4 is 29.9 Å². The number of nitrogens with one attached hydrogen (secondary N) is 2. The maximum absolute atomic E-state index is 5.79. The molecule has 27 heavy (non-hydrogen) atoms. The molecule has 1 fully saturated rings. The highest BCUT2D eigenvalue weighted by Gasteiger charge is 2.32. The normalized spacial score (nSPS) is 16.4. The number of guanidine groups is 1. The lowest BCUT2D eigenvalue weighted by Gasteiger charge is -2.36. The number of rotatable bonds is 8. The summed E-state index contributed by atoms with van der Waals surface area (Å²) < 4.78 is 17.0. The van der Waals surface area contributed by atoms with Crippen LogP contribution in [0.2, 0.25) is 0 Å². The summed E-state index contributed by atoms with van der Waals surface area (Å²) in [7, 11) is 1.78. The Labute approximate surface area is 180 Å². The summed E-state index contributed by atoms with van der Waals surface area (Å²) in [6.07, 6.45) is 1.78. The lowest BCUT2D eigenvalue weighted by atomic mass is 9.94. The summed E-state index contributed by atoms with van der Waals surface area (Å²) in [5, 5.41) is 6.74. The van der Waals surface area contributed by atoms with E-state index in [0.29, 0.717) is 19.7 Å². The highest BCUT2D eigenvalue weighted by molar-refractivity contribution is 14.0. The molecule has 6 nitrogen and oxygen atoms in total. The summed E-state index contributed by atoms with van der Waals surface area (Å²) in [5.74, 6) is 1.70. The lowest BCUT2D eigenvalue weighted by Crippen LogP contribution is -2.50. The monoisotopic (exact) mass is 491 g/mol. The van der Waals surface area contributed by atoms with Crippen molar-refractivity contribution in [3.05, 3.63) is 29.3 Å². The summed E-state index contributed by atoms with van der Waals surface area (Å²) >= 11 is 0. The van der Waals surface area contributed by atoms with Gasteiger partial charge in [0.15, 0.2) is 5.96 Å². The molecule has 0 aromatic heterocycles. The van der Waals surface area contributed by atoms with Crippen LogP contribution in [0.5, 0.6) is 5.75 Å². The molecule has 0 spiro atoms. The molecule has 1 aliphatic rings. The second-order valence-electron chi connectivity index (χ2n) is 6.59. The van der Waals surface area contributed by atoms with Crippen molar-refractivity contribution in [1.29, 1.82) is 0 Å². The smallest absolute Gasteiger partial charge is 0.191 e. The van der Waals surface area contributed by atoms with Gasteiger partial charge in [-0.3, -0.25) is 0 Å². The molecule has 154 valence electrons. The number of halogens is 1. The highest BCUT2D eigenvalue weighted by Crippen LogP contribution is 2.24. The summed E-state index contributed by atoms with van der Waals surface area (Å²) in [4.78, 5) is 4.73. The molecule has 1 saturated heterocycles. The molecule has 7 heteroatoms. The van der Waals surface area contributed by atoms with Crippen molar-refractivity contribution in [2.45, 2.75) is 45.8 Å². The number of benzene rings is 1. The van der Waals surface area contributed by atoms with Crippen molar-refractivity contribution in [2.75, 3.05) is 40.0 Å². The van der Waals surface area contributed by atoms with E-state index in [0.717, 1.165) is 49.9 Å². The van der Waals surface area contributed by atoms with E-state index in [9.17, 15) is 0 Å².